The number of anilines is 1. The standard InChI is InChI=1S/C24H29N5O2S/c1-4-31-23(30)19-14-25-29(22(19)28-24(32)26-17-10-6-5-7-11-17)20-13-16(3)18-12-8-9-15(2)21(18)27-20/h8-9,12-14,17H,4-7,10-11H2,1-3H3,(H2,26,28,32). The van der Waals surface area contributed by atoms with Gasteiger partial charge in [0.2, 0.25) is 0 Å². The van der Waals surface area contributed by atoms with Gasteiger partial charge in [-0.1, -0.05) is 37.5 Å². The van der Waals surface area contributed by atoms with Crippen LogP contribution < -0.4 is 10.6 Å². The minimum atomic E-state index is -0.449. The molecule has 1 aromatic carbocycles. The summed E-state index contributed by atoms with van der Waals surface area (Å²) in [6.07, 6.45) is 7.36. The summed E-state index contributed by atoms with van der Waals surface area (Å²) in [5.74, 6) is 0.620. The maximum Gasteiger partial charge on any atom is 0.343 e. The van der Waals surface area contributed by atoms with Gasteiger partial charge < -0.3 is 15.4 Å². The van der Waals surface area contributed by atoms with Gasteiger partial charge in [-0.2, -0.15) is 9.78 Å². The van der Waals surface area contributed by atoms with Gasteiger partial charge in [0, 0.05) is 11.4 Å². The van der Waals surface area contributed by atoms with E-state index in [0.29, 0.717) is 28.4 Å². The van der Waals surface area contributed by atoms with Gasteiger partial charge in [0.1, 0.15) is 5.56 Å². The molecule has 0 amide bonds. The van der Waals surface area contributed by atoms with Gasteiger partial charge in [0.05, 0.1) is 18.3 Å². The molecule has 7 nitrogen and oxygen atoms in total. The number of thiocarbonyl (C=S) groups is 1. The molecule has 4 rings (SSSR count). The van der Waals surface area contributed by atoms with Crippen LogP contribution in [0.5, 0.6) is 0 Å². The van der Waals surface area contributed by atoms with E-state index in [4.69, 9.17) is 21.9 Å². The number of nitrogens with one attached hydrogen (secondary N) is 2. The van der Waals surface area contributed by atoms with Gasteiger partial charge >= 0.3 is 5.97 Å². The molecule has 1 fully saturated rings. The second kappa shape index (κ2) is 9.65. The normalized spacial score (nSPS) is 14.3. The number of pyridine rings is 1. The van der Waals surface area contributed by atoms with Crippen LogP contribution in [0.1, 0.15) is 60.5 Å². The highest BCUT2D eigenvalue weighted by Crippen LogP contribution is 2.26. The number of ether oxygens (including phenoxy) is 1. The lowest BCUT2D eigenvalue weighted by molar-refractivity contribution is 0.0527. The van der Waals surface area contributed by atoms with Gasteiger partial charge in [-0.05, 0) is 63.0 Å². The van der Waals surface area contributed by atoms with E-state index in [1.54, 1.807) is 11.6 Å². The predicted octanol–water partition coefficient (Wildman–Crippen LogP) is 4.83. The Labute approximate surface area is 193 Å². The minimum Gasteiger partial charge on any atom is -0.462 e. The zero-order valence-electron chi connectivity index (χ0n) is 18.8. The number of para-hydroxylation sites is 1. The highest BCUT2D eigenvalue weighted by Gasteiger charge is 2.23. The molecule has 0 radical (unpaired) electrons. The molecular weight excluding hydrogens is 422 g/mol. The van der Waals surface area contributed by atoms with Gasteiger partial charge in [0.25, 0.3) is 0 Å². The van der Waals surface area contributed by atoms with Crippen LogP contribution in [0, 0.1) is 13.8 Å². The Morgan fingerprint density at radius 1 is 1.22 bits per heavy atom. The summed E-state index contributed by atoms with van der Waals surface area (Å²) in [7, 11) is 0. The zero-order valence-corrected chi connectivity index (χ0v) is 19.6. The first-order valence-electron chi connectivity index (χ1n) is 11.2. The van der Waals surface area contributed by atoms with Crippen molar-refractivity contribution < 1.29 is 9.53 Å². The number of aromatic nitrogens is 3. The number of rotatable bonds is 5. The third-order valence-electron chi connectivity index (χ3n) is 5.89. The molecule has 32 heavy (non-hydrogen) atoms. The van der Waals surface area contributed by atoms with E-state index >= 15 is 0 Å². The number of benzene rings is 1. The Morgan fingerprint density at radius 2 is 2.00 bits per heavy atom. The monoisotopic (exact) mass is 451 g/mol. The number of nitrogens with zero attached hydrogens (tertiary/aromatic N) is 3. The molecule has 0 aliphatic heterocycles. The molecule has 0 unspecified atom stereocenters. The SMILES string of the molecule is CCOC(=O)c1cnn(-c2cc(C)c3cccc(C)c3n2)c1NC(=S)NC1CCCCC1. The molecule has 2 N–H and O–H groups in total. The molecular formula is C24H29N5O2S. The third kappa shape index (κ3) is 4.60. The van der Waals surface area contributed by atoms with Crippen LogP contribution in [0.3, 0.4) is 0 Å². The number of fused-ring (bicyclic) bond motifs is 1. The molecule has 1 aliphatic carbocycles. The average Bonchev–Trinajstić information content (AvgIpc) is 3.18. The molecule has 8 heteroatoms. The van der Waals surface area contributed by atoms with Crippen molar-refractivity contribution in [3.8, 4) is 5.82 Å². The summed E-state index contributed by atoms with van der Waals surface area (Å²) in [6, 6.07) is 8.43. The largest absolute Gasteiger partial charge is 0.462 e. The lowest BCUT2D eigenvalue weighted by Crippen LogP contribution is -2.39. The number of esters is 1. The van der Waals surface area contributed by atoms with E-state index in [1.807, 2.05) is 32.0 Å². The Morgan fingerprint density at radius 3 is 2.75 bits per heavy atom. The Hall–Kier alpha value is -3.00. The quantitative estimate of drug-likeness (QED) is 0.425. The molecule has 0 spiro atoms. The fourth-order valence-electron chi connectivity index (χ4n) is 4.23. The van der Waals surface area contributed by atoms with E-state index in [-0.39, 0.29) is 6.61 Å². The van der Waals surface area contributed by atoms with Crippen molar-refractivity contribution in [2.24, 2.45) is 0 Å². The lowest BCUT2D eigenvalue weighted by Gasteiger charge is -2.24. The number of carbonyl (C=O) groups is 1. The lowest BCUT2D eigenvalue weighted by atomic mass is 9.96. The zero-order chi connectivity index (χ0) is 22.7. The predicted molar refractivity (Wildman–Crippen MR) is 131 cm³/mol. The molecule has 2 aromatic heterocycles. The maximum atomic E-state index is 12.6. The van der Waals surface area contributed by atoms with Gasteiger partial charge in [-0.25, -0.2) is 9.78 Å². The van der Waals surface area contributed by atoms with E-state index in [2.05, 4.69) is 21.8 Å². The summed E-state index contributed by atoms with van der Waals surface area (Å²) in [5.41, 5.74) is 3.39. The fraction of sp³-hybridized carbons (Fsp3) is 0.417. The summed E-state index contributed by atoms with van der Waals surface area (Å²) in [6.45, 7) is 6.14. The van der Waals surface area contributed by atoms with Crippen LogP contribution in [0.15, 0.2) is 30.5 Å². The van der Waals surface area contributed by atoms with Gasteiger partial charge in [0.15, 0.2) is 16.7 Å². The van der Waals surface area contributed by atoms with Crippen LogP contribution in [0.2, 0.25) is 0 Å². The van der Waals surface area contributed by atoms with Crippen LogP contribution in [0.4, 0.5) is 5.82 Å². The van der Waals surface area contributed by atoms with Crippen LogP contribution in [-0.2, 0) is 4.74 Å². The summed E-state index contributed by atoms with van der Waals surface area (Å²) in [5, 5.41) is 12.6. The van der Waals surface area contributed by atoms with Crippen molar-refractivity contribution in [3.05, 3.63) is 47.2 Å². The van der Waals surface area contributed by atoms with Crippen molar-refractivity contribution in [1.82, 2.24) is 20.1 Å². The number of hydrogen-bond acceptors (Lipinski definition) is 5. The Balaban J connectivity index is 1.72. The van der Waals surface area contributed by atoms with Crippen LogP contribution >= 0.6 is 12.2 Å². The fourth-order valence-corrected chi connectivity index (χ4v) is 4.49. The van der Waals surface area contributed by atoms with Crippen molar-refractivity contribution in [2.45, 2.75) is 58.9 Å². The average molecular weight is 452 g/mol. The van der Waals surface area contributed by atoms with Crippen molar-refractivity contribution >= 4 is 40.0 Å². The number of aryl methyl sites for hydroxylation is 2. The first kappa shape index (κ1) is 22.2. The third-order valence-corrected chi connectivity index (χ3v) is 6.11. The second-order valence-corrected chi connectivity index (χ2v) is 8.65. The Bertz CT molecular complexity index is 1150. The first-order valence-corrected chi connectivity index (χ1v) is 11.6. The van der Waals surface area contributed by atoms with E-state index in [0.717, 1.165) is 34.9 Å². The molecule has 2 heterocycles. The highest BCUT2D eigenvalue weighted by atomic mass is 32.1. The van der Waals surface area contributed by atoms with Crippen LogP contribution in [-0.4, -0.2) is 38.5 Å². The van der Waals surface area contributed by atoms with Gasteiger partial charge in [-0.3, -0.25) is 0 Å². The van der Waals surface area contributed by atoms with Gasteiger partial charge in [-0.15, -0.1) is 0 Å². The van der Waals surface area contributed by atoms with Crippen molar-refractivity contribution in [1.29, 1.82) is 0 Å². The van der Waals surface area contributed by atoms with E-state index < -0.39 is 5.97 Å². The van der Waals surface area contributed by atoms with Crippen molar-refractivity contribution in [3.63, 3.8) is 0 Å². The number of hydrogen-bond donors (Lipinski definition) is 2. The van der Waals surface area contributed by atoms with E-state index in [1.165, 1.54) is 25.5 Å². The van der Waals surface area contributed by atoms with E-state index in [9.17, 15) is 4.79 Å². The smallest absolute Gasteiger partial charge is 0.343 e. The molecule has 0 atom stereocenters. The topological polar surface area (TPSA) is 81.1 Å². The Kier molecular flexibility index (Phi) is 6.69. The summed E-state index contributed by atoms with van der Waals surface area (Å²) >= 11 is 5.59. The summed E-state index contributed by atoms with van der Waals surface area (Å²) < 4.78 is 6.87. The van der Waals surface area contributed by atoms with Crippen molar-refractivity contribution in [2.75, 3.05) is 11.9 Å². The summed E-state index contributed by atoms with van der Waals surface area (Å²) in [4.78, 5) is 17.5. The number of carbonyl (C=O) groups excluding carboxylic acids is 1. The molecule has 3 aromatic rings. The highest BCUT2D eigenvalue weighted by molar-refractivity contribution is 7.80. The molecule has 1 aliphatic rings. The minimum absolute atomic E-state index is 0.279. The first-order chi connectivity index (χ1) is 15.5. The molecule has 1 saturated carbocycles. The molecule has 168 valence electrons. The molecule has 0 bridgehead atoms. The maximum absolute atomic E-state index is 12.6. The molecule has 0 saturated heterocycles. The van der Waals surface area contributed by atoms with Crippen LogP contribution in [0.25, 0.3) is 16.7 Å². The second-order valence-electron chi connectivity index (χ2n) is 8.24.